The zero-order valence-corrected chi connectivity index (χ0v) is 19.8. The molecule has 0 saturated heterocycles. The Morgan fingerprint density at radius 2 is 1.83 bits per heavy atom. The average molecular weight is 556 g/mol. The van der Waals surface area contributed by atoms with Gasteiger partial charge in [0.1, 0.15) is 22.8 Å². The molecular formula is C17H26I2N4O. The van der Waals surface area contributed by atoms with Crippen molar-refractivity contribution in [3.05, 3.63) is 29.9 Å². The lowest BCUT2D eigenvalue weighted by Crippen LogP contribution is -2.20. The molecule has 0 saturated carbocycles. The highest BCUT2D eigenvalue weighted by Gasteiger charge is 2.18. The van der Waals surface area contributed by atoms with E-state index in [0.29, 0.717) is 6.54 Å². The van der Waals surface area contributed by atoms with E-state index in [1.165, 1.54) is 0 Å². The van der Waals surface area contributed by atoms with Crippen molar-refractivity contribution >= 4 is 62.6 Å². The molecule has 0 N–H and O–H groups in total. The molecule has 0 fully saturated rings. The average Bonchev–Trinajstić information content (AvgIpc) is 2.74. The van der Waals surface area contributed by atoms with E-state index in [2.05, 4.69) is 80.0 Å². The highest BCUT2D eigenvalue weighted by atomic mass is 127. The van der Waals surface area contributed by atoms with Crippen LogP contribution in [0, 0.1) is 13.8 Å². The summed E-state index contributed by atoms with van der Waals surface area (Å²) in [5.74, 6) is 2.40. The summed E-state index contributed by atoms with van der Waals surface area (Å²) in [6.07, 6.45) is 2.08. The van der Waals surface area contributed by atoms with Gasteiger partial charge in [-0.25, -0.2) is 11.3 Å². The van der Waals surface area contributed by atoms with Crippen LogP contribution in [0.5, 0.6) is 0 Å². The van der Waals surface area contributed by atoms with Gasteiger partial charge in [-0.15, -0.1) is 0 Å². The van der Waals surface area contributed by atoms with Gasteiger partial charge in [0, 0.05) is 6.20 Å². The minimum atomic E-state index is -0.244. The Morgan fingerprint density at radius 3 is 2.33 bits per heavy atom. The van der Waals surface area contributed by atoms with Gasteiger partial charge in [-0.2, -0.15) is 0 Å². The van der Waals surface area contributed by atoms with Crippen LogP contribution in [0.1, 0.15) is 46.0 Å². The van der Waals surface area contributed by atoms with Crippen LogP contribution >= 0.6 is 45.7 Å². The van der Waals surface area contributed by atoms with Crippen LogP contribution in [-0.4, -0.2) is 20.1 Å². The Morgan fingerprint density at radius 1 is 1.25 bits per heavy atom. The van der Waals surface area contributed by atoms with Gasteiger partial charge in [0.15, 0.2) is 5.82 Å². The van der Waals surface area contributed by atoms with Crippen LogP contribution in [0.4, 0.5) is 5.82 Å². The van der Waals surface area contributed by atoms with E-state index >= 15 is 0 Å². The third-order valence-electron chi connectivity index (χ3n) is 2.96. The number of allylic oxidation sites excluding steroid dienone is 1. The first-order valence-electron chi connectivity index (χ1n) is 7.91. The van der Waals surface area contributed by atoms with Crippen molar-refractivity contribution in [1.82, 2.24) is 14.5 Å². The van der Waals surface area contributed by atoms with Crippen LogP contribution in [0.2, 0.25) is 0 Å². The van der Waals surface area contributed by atoms with E-state index in [-0.39, 0.29) is 5.60 Å². The largest absolute Gasteiger partial charge is 0.491 e. The molecule has 0 atom stereocenters. The van der Waals surface area contributed by atoms with Gasteiger partial charge < -0.3 is 9.30 Å². The molecule has 0 amide bonds. The molecule has 0 spiro atoms. The lowest BCUT2D eigenvalue weighted by atomic mass is 10.2. The number of hydrogen-bond donors (Lipinski definition) is 0. The number of halogens is 2. The van der Waals surface area contributed by atoms with Crippen molar-refractivity contribution in [2.45, 2.75) is 60.6 Å². The maximum absolute atomic E-state index is 5.84. The smallest absolute Gasteiger partial charge is 0.159 e. The molecule has 0 aromatic carbocycles. The van der Waals surface area contributed by atoms with Gasteiger partial charge in [0.2, 0.25) is 0 Å². The Hall–Kier alpha value is -0.580. The Kier molecular flexibility index (Phi) is 7.76. The number of hydrogen-bond acceptors (Lipinski definition) is 4. The third kappa shape index (κ3) is 5.47. The van der Waals surface area contributed by atoms with E-state index in [9.17, 15) is 0 Å². The molecule has 0 aliphatic rings. The first kappa shape index (κ1) is 21.5. The van der Waals surface area contributed by atoms with Crippen LogP contribution in [0.15, 0.2) is 18.5 Å². The summed E-state index contributed by atoms with van der Waals surface area (Å²) in [6, 6.07) is 0. The molecule has 2 aromatic rings. The molecule has 7 heteroatoms. The standard InChI is InChI=1S/C15H20I2N4O.C2H6/c1-9-7-20(8-10(2)22-15(4,5)6)13-12(9)14(21(16)17)19-11(3)18-13;1-2/h7H,2,8H2,1,3-6H3;1-2H3. The summed E-state index contributed by atoms with van der Waals surface area (Å²) in [4.78, 5) is 9.16. The number of fused-ring (bicyclic) bond motifs is 1. The highest BCUT2D eigenvalue weighted by molar-refractivity contribution is 14.2. The summed E-state index contributed by atoms with van der Waals surface area (Å²) in [5, 5.41) is 1.07. The van der Waals surface area contributed by atoms with Gasteiger partial charge in [-0.1, -0.05) is 20.4 Å². The van der Waals surface area contributed by atoms with Crippen LogP contribution in [0.25, 0.3) is 11.0 Å². The highest BCUT2D eigenvalue weighted by Crippen LogP contribution is 2.33. The van der Waals surface area contributed by atoms with E-state index in [0.717, 1.165) is 34.0 Å². The molecule has 2 heterocycles. The Bertz CT molecular complexity index is 717. The molecule has 134 valence electrons. The van der Waals surface area contributed by atoms with Crippen molar-refractivity contribution < 1.29 is 4.74 Å². The summed E-state index contributed by atoms with van der Waals surface area (Å²) in [5.41, 5.74) is 1.82. The van der Waals surface area contributed by atoms with Gasteiger partial charge in [-0.3, -0.25) is 0 Å². The minimum Gasteiger partial charge on any atom is -0.491 e. The predicted octanol–water partition coefficient (Wildman–Crippen LogP) is 5.91. The SMILES string of the molecule is C=C(Cn1cc(C)c2c(N(I)I)nc(C)nc21)OC(C)(C)C.CC. The van der Waals surface area contributed by atoms with Crippen LogP contribution < -0.4 is 1.33 Å². The van der Waals surface area contributed by atoms with Crippen LogP contribution in [-0.2, 0) is 11.3 Å². The molecule has 2 aromatic heterocycles. The number of anilines is 1. The fourth-order valence-corrected chi connectivity index (χ4v) is 3.06. The van der Waals surface area contributed by atoms with Gasteiger partial charge in [0.05, 0.1) is 57.7 Å². The quantitative estimate of drug-likeness (QED) is 0.267. The summed E-state index contributed by atoms with van der Waals surface area (Å²) in [6.45, 7) is 18.7. The van der Waals surface area contributed by atoms with E-state index < -0.39 is 0 Å². The van der Waals surface area contributed by atoms with Crippen molar-refractivity contribution in [3.63, 3.8) is 0 Å². The zero-order valence-electron chi connectivity index (χ0n) is 15.4. The third-order valence-corrected chi connectivity index (χ3v) is 3.87. The van der Waals surface area contributed by atoms with E-state index in [1.54, 1.807) is 0 Å². The molecular weight excluding hydrogens is 530 g/mol. The minimum absolute atomic E-state index is 0.244. The predicted molar refractivity (Wildman–Crippen MR) is 119 cm³/mol. The first-order valence-corrected chi connectivity index (χ1v) is 9.84. The monoisotopic (exact) mass is 556 g/mol. The second-order valence-electron chi connectivity index (χ2n) is 6.22. The molecule has 0 radical (unpaired) electrons. The molecule has 2 rings (SSSR count). The normalized spacial score (nSPS) is 11.0. The maximum Gasteiger partial charge on any atom is 0.159 e. The molecule has 0 aliphatic carbocycles. The summed E-state index contributed by atoms with van der Waals surface area (Å²) in [7, 11) is 0. The molecule has 0 aliphatic heterocycles. The van der Waals surface area contributed by atoms with Crippen molar-refractivity contribution in [3.8, 4) is 0 Å². The Balaban J connectivity index is 0.00000139. The number of rotatable bonds is 4. The van der Waals surface area contributed by atoms with E-state index in [4.69, 9.17) is 4.74 Å². The fraction of sp³-hybridized carbons (Fsp3) is 0.529. The lowest BCUT2D eigenvalue weighted by Gasteiger charge is -2.23. The molecule has 5 nitrogen and oxygen atoms in total. The fourth-order valence-electron chi connectivity index (χ4n) is 2.36. The van der Waals surface area contributed by atoms with E-state index in [1.807, 2.05) is 42.9 Å². The molecule has 0 bridgehead atoms. The maximum atomic E-state index is 5.84. The summed E-state index contributed by atoms with van der Waals surface area (Å²) < 4.78 is 9.88. The molecule has 0 unspecified atom stereocenters. The number of nitrogens with zero attached hydrogens (tertiary/aromatic N) is 4. The molecule has 24 heavy (non-hydrogen) atoms. The van der Waals surface area contributed by atoms with Gasteiger partial charge >= 0.3 is 0 Å². The van der Waals surface area contributed by atoms with Crippen molar-refractivity contribution in [2.75, 3.05) is 1.33 Å². The number of aromatic nitrogens is 3. The summed E-state index contributed by atoms with van der Waals surface area (Å²) >= 11 is 4.44. The van der Waals surface area contributed by atoms with Gasteiger partial charge in [0.25, 0.3) is 0 Å². The second-order valence-corrected chi connectivity index (χ2v) is 9.99. The zero-order chi connectivity index (χ0) is 18.7. The first-order chi connectivity index (χ1) is 11.1. The van der Waals surface area contributed by atoms with Crippen LogP contribution in [0.3, 0.4) is 0 Å². The van der Waals surface area contributed by atoms with Gasteiger partial charge in [-0.05, 0) is 40.2 Å². The second kappa shape index (κ2) is 8.68. The lowest BCUT2D eigenvalue weighted by molar-refractivity contribution is 0.0460. The van der Waals surface area contributed by atoms with Crippen molar-refractivity contribution in [1.29, 1.82) is 0 Å². The van der Waals surface area contributed by atoms with Crippen molar-refractivity contribution in [2.24, 2.45) is 0 Å². The Labute approximate surface area is 172 Å². The topological polar surface area (TPSA) is 43.2 Å². The number of ether oxygens (including phenoxy) is 1. The number of aryl methyl sites for hydroxylation is 2.